The SMILES string of the molecule is CCCNC(=O)c1ccc(C(C)=O)cc1. The molecule has 3 nitrogen and oxygen atoms in total. The molecular weight excluding hydrogens is 190 g/mol. The highest BCUT2D eigenvalue weighted by molar-refractivity contribution is 5.97. The van der Waals surface area contributed by atoms with Crippen LogP contribution in [0.15, 0.2) is 24.3 Å². The second kappa shape index (κ2) is 5.29. The summed E-state index contributed by atoms with van der Waals surface area (Å²) >= 11 is 0. The van der Waals surface area contributed by atoms with Crippen LogP contribution in [0.1, 0.15) is 41.0 Å². The van der Waals surface area contributed by atoms with Gasteiger partial charge in [0.05, 0.1) is 0 Å². The monoisotopic (exact) mass is 205 g/mol. The standard InChI is InChI=1S/C12H15NO2/c1-3-8-13-12(15)11-6-4-10(5-7-11)9(2)14/h4-7H,3,8H2,1-2H3,(H,13,15). The van der Waals surface area contributed by atoms with Gasteiger partial charge in [-0.05, 0) is 25.5 Å². The number of amides is 1. The maximum Gasteiger partial charge on any atom is 0.251 e. The summed E-state index contributed by atoms with van der Waals surface area (Å²) in [6.45, 7) is 4.18. The highest BCUT2D eigenvalue weighted by Gasteiger charge is 2.05. The number of hydrogen-bond donors (Lipinski definition) is 1. The lowest BCUT2D eigenvalue weighted by Gasteiger charge is -2.03. The average molecular weight is 205 g/mol. The van der Waals surface area contributed by atoms with Crippen LogP contribution >= 0.6 is 0 Å². The topological polar surface area (TPSA) is 46.2 Å². The van der Waals surface area contributed by atoms with E-state index in [1.165, 1.54) is 6.92 Å². The van der Waals surface area contributed by atoms with Gasteiger partial charge in [0, 0.05) is 17.7 Å². The molecule has 0 aromatic heterocycles. The van der Waals surface area contributed by atoms with Gasteiger partial charge in [-0.15, -0.1) is 0 Å². The lowest BCUT2D eigenvalue weighted by atomic mass is 10.1. The molecule has 0 saturated heterocycles. The van der Waals surface area contributed by atoms with Gasteiger partial charge in [0.15, 0.2) is 5.78 Å². The molecule has 0 aliphatic rings. The van der Waals surface area contributed by atoms with E-state index in [1.54, 1.807) is 24.3 Å². The lowest BCUT2D eigenvalue weighted by Crippen LogP contribution is -2.23. The Morgan fingerprint density at radius 2 is 1.67 bits per heavy atom. The Bertz CT molecular complexity index is 354. The summed E-state index contributed by atoms with van der Waals surface area (Å²) in [7, 11) is 0. The third-order valence-corrected chi connectivity index (χ3v) is 2.09. The molecule has 0 saturated carbocycles. The summed E-state index contributed by atoms with van der Waals surface area (Å²) in [5.41, 5.74) is 1.22. The molecule has 15 heavy (non-hydrogen) atoms. The number of Topliss-reactive ketones (excluding diaryl/α,β-unsaturated/α-hetero) is 1. The van der Waals surface area contributed by atoms with Gasteiger partial charge in [0.2, 0.25) is 0 Å². The molecule has 0 bridgehead atoms. The molecule has 1 N–H and O–H groups in total. The third-order valence-electron chi connectivity index (χ3n) is 2.09. The Morgan fingerprint density at radius 1 is 1.13 bits per heavy atom. The van der Waals surface area contributed by atoms with Crippen LogP contribution in [0.2, 0.25) is 0 Å². The molecule has 1 aromatic carbocycles. The zero-order valence-electron chi connectivity index (χ0n) is 9.04. The zero-order valence-corrected chi connectivity index (χ0v) is 9.04. The molecule has 0 fully saturated rings. The summed E-state index contributed by atoms with van der Waals surface area (Å²) in [6, 6.07) is 6.68. The Hall–Kier alpha value is -1.64. The lowest BCUT2D eigenvalue weighted by molar-refractivity contribution is 0.0951. The van der Waals surface area contributed by atoms with Crippen molar-refractivity contribution >= 4 is 11.7 Å². The molecule has 0 unspecified atom stereocenters. The Morgan fingerprint density at radius 3 is 2.13 bits per heavy atom. The van der Waals surface area contributed by atoms with Crippen molar-refractivity contribution in [2.45, 2.75) is 20.3 Å². The maximum atomic E-state index is 11.5. The number of carbonyl (C=O) groups is 2. The minimum Gasteiger partial charge on any atom is -0.352 e. The highest BCUT2D eigenvalue weighted by Crippen LogP contribution is 2.04. The van der Waals surface area contributed by atoms with Gasteiger partial charge in [0.25, 0.3) is 5.91 Å². The summed E-state index contributed by atoms with van der Waals surface area (Å²) in [6.07, 6.45) is 0.914. The van der Waals surface area contributed by atoms with Crippen LogP contribution in [0.5, 0.6) is 0 Å². The molecule has 0 aliphatic heterocycles. The minimum absolute atomic E-state index is 0.00974. The third kappa shape index (κ3) is 3.20. The van der Waals surface area contributed by atoms with E-state index in [2.05, 4.69) is 5.32 Å². The summed E-state index contributed by atoms with van der Waals surface area (Å²) in [5.74, 6) is -0.0810. The van der Waals surface area contributed by atoms with Crippen molar-refractivity contribution in [3.05, 3.63) is 35.4 Å². The van der Waals surface area contributed by atoms with E-state index in [4.69, 9.17) is 0 Å². The predicted octanol–water partition coefficient (Wildman–Crippen LogP) is 2.03. The van der Waals surface area contributed by atoms with Crippen molar-refractivity contribution in [1.82, 2.24) is 5.32 Å². The van der Waals surface area contributed by atoms with E-state index in [0.717, 1.165) is 6.42 Å². The van der Waals surface area contributed by atoms with Gasteiger partial charge in [-0.2, -0.15) is 0 Å². The molecule has 1 rings (SSSR count). The molecule has 0 aliphatic carbocycles. The summed E-state index contributed by atoms with van der Waals surface area (Å²) in [4.78, 5) is 22.5. The maximum absolute atomic E-state index is 11.5. The van der Waals surface area contributed by atoms with Crippen molar-refractivity contribution < 1.29 is 9.59 Å². The molecule has 0 heterocycles. The number of benzene rings is 1. The van der Waals surface area contributed by atoms with E-state index in [9.17, 15) is 9.59 Å². The Kier molecular flexibility index (Phi) is 4.03. The van der Waals surface area contributed by atoms with Gasteiger partial charge >= 0.3 is 0 Å². The number of rotatable bonds is 4. The fourth-order valence-corrected chi connectivity index (χ4v) is 1.20. The van der Waals surface area contributed by atoms with Gasteiger partial charge in [-0.3, -0.25) is 9.59 Å². The van der Waals surface area contributed by atoms with Gasteiger partial charge < -0.3 is 5.32 Å². The Labute approximate surface area is 89.5 Å². The summed E-state index contributed by atoms with van der Waals surface area (Å²) < 4.78 is 0. The first-order valence-corrected chi connectivity index (χ1v) is 5.04. The number of nitrogens with one attached hydrogen (secondary N) is 1. The van der Waals surface area contributed by atoms with Gasteiger partial charge in [-0.25, -0.2) is 0 Å². The molecule has 0 atom stereocenters. The summed E-state index contributed by atoms with van der Waals surface area (Å²) in [5, 5.41) is 2.77. The zero-order chi connectivity index (χ0) is 11.3. The van der Waals surface area contributed by atoms with Crippen LogP contribution in [-0.2, 0) is 0 Å². The molecule has 1 aromatic rings. The van der Waals surface area contributed by atoms with E-state index in [-0.39, 0.29) is 11.7 Å². The van der Waals surface area contributed by atoms with Crippen molar-refractivity contribution in [3.63, 3.8) is 0 Å². The smallest absolute Gasteiger partial charge is 0.251 e. The van der Waals surface area contributed by atoms with Gasteiger partial charge in [0.1, 0.15) is 0 Å². The van der Waals surface area contributed by atoms with E-state index >= 15 is 0 Å². The molecular formula is C12H15NO2. The fourth-order valence-electron chi connectivity index (χ4n) is 1.20. The number of carbonyl (C=O) groups excluding carboxylic acids is 2. The first kappa shape index (κ1) is 11.4. The fraction of sp³-hybridized carbons (Fsp3) is 0.333. The average Bonchev–Trinajstić information content (AvgIpc) is 2.26. The minimum atomic E-state index is -0.0908. The van der Waals surface area contributed by atoms with E-state index < -0.39 is 0 Å². The van der Waals surface area contributed by atoms with Crippen LogP contribution in [0.25, 0.3) is 0 Å². The van der Waals surface area contributed by atoms with Crippen LogP contribution in [0, 0.1) is 0 Å². The molecule has 1 amide bonds. The predicted molar refractivity (Wildman–Crippen MR) is 59.1 cm³/mol. The molecule has 80 valence electrons. The molecule has 0 radical (unpaired) electrons. The first-order chi connectivity index (χ1) is 7.15. The van der Waals surface area contributed by atoms with Gasteiger partial charge in [-0.1, -0.05) is 19.1 Å². The first-order valence-electron chi connectivity index (χ1n) is 5.04. The van der Waals surface area contributed by atoms with Crippen LogP contribution in [0.4, 0.5) is 0 Å². The van der Waals surface area contributed by atoms with Crippen molar-refractivity contribution in [2.24, 2.45) is 0 Å². The van der Waals surface area contributed by atoms with Crippen molar-refractivity contribution in [1.29, 1.82) is 0 Å². The van der Waals surface area contributed by atoms with E-state index in [0.29, 0.717) is 17.7 Å². The second-order valence-electron chi connectivity index (χ2n) is 3.39. The largest absolute Gasteiger partial charge is 0.352 e. The second-order valence-corrected chi connectivity index (χ2v) is 3.39. The van der Waals surface area contributed by atoms with Crippen LogP contribution in [-0.4, -0.2) is 18.2 Å². The quantitative estimate of drug-likeness (QED) is 0.764. The molecule has 0 spiro atoms. The molecule has 3 heteroatoms. The van der Waals surface area contributed by atoms with Crippen molar-refractivity contribution in [3.8, 4) is 0 Å². The van der Waals surface area contributed by atoms with E-state index in [1.807, 2.05) is 6.92 Å². The highest BCUT2D eigenvalue weighted by atomic mass is 16.1. The number of ketones is 1. The Balaban J connectivity index is 2.71. The normalized spacial score (nSPS) is 9.73. The number of hydrogen-bond acceptors (Lipinski definition) is 2. The van der Waals surface area contributed by atoms with Crippen LogP contribution < -0.4 is 5.32 Å². The van der Waals surface area contributed by atoms with Crippen molar-refractivity contribution in [2.75, 3.05) is 6.54 Å². The van der Waals surface area contributed by atoms with Crippen LogP contribution in [0.3, 0.4) is 0 Å².